The van der Waals surface area contributed by atoms with Crippen LogP contribution in [0.1, 0.15) is 31.7 Å². The number of aliphatic carboxylic acids is 3. The Balaban J connectivity index is 0. The molecule has 28 heavy (non-hydrogen) atoms. The molecule has 0 radical (unpaired) electrons. The number of benzene rings is 1. The van der Waals surface area contributed by atoms with Gasteiger partial charge in [0.1, 0.15) is 0 Å². The van der Waals surface area contributed by atoms with Gasteiger partial charge in [-0.15, -0.1) is 0 Å². The molecule has 7 heteroatoms. The van der Waals surface area contributed by atoms with Gasteiger partial charge in [-0.25, -0.2) is 14.4 Å². The third kappa shape index (κ3) is 16.3. The fourth-order valence-corrected chi connectivity index (χ4v) is 1.45. The maximum Gasteiger partial charge on any atom is 0.330 e. The van der Waals surface area contributed by atoms with E-state index in [1.54, 1.807) is 0 Å². The van der Waals surface area contributed by atoms with Crippen molar-refractivity contribution in [3.63, 3.8) is 0 Å². The molecular formula is C21H28O7. The number of aliphatic hydroxyl groups excluding tert-OH is 1. The SMILES string of the molecule is C=C(C)C(=O)O.C=C(CCCO)C(=O)O.C=C(CCc1ccccc1)C(=O)O. The zero-order valence-corrected chi connectivity index (χ0v) is 16.1. The van der Waals surface area contributed by atoms with E-state index in [9.17, 15) is 14.4 Å². The second kappa shape index (κ2) is 16.0. The summed E-state index contributed by atoms with van der Waals surface area (Å²) in [6.07, 6.45) is 2.10. The fourth-order valence-electron chi connectivity index (χ4n) is 1.45. The van der Waals surface area contributed by atoms with Gasteiger partial charge in [0, 0.05) is 23.3 Å². The van der Waals surface area contributed by atoms with Crippen molar-refractivity contribution in [1.82, 2.24) is 0 Å². The lowest BCUT2D eigenvalue weighted by atomic mass is 10.1. The quantitative estimate of drug-likeness (QED) is 0.474. The first-order valence-corrected chi connectivity index (χ1v) is 8.38. The third-order valence-corrected chi connectivity index (χ3v) is 3.16. The predicted molar refractivity (Wildman–Crippen MR) is 107 cm³/mol. The zero-order valence-electron chi connectivity index (χ0n) is 16.1. The third-order valence-electron chi connectivity index (χ3n) is 3.16. The molecule has 0 unspecified atom stereocenters. The van der Waals surface area contributed by atoms with E-state index in [0.29, 0.717) is 19.3 Å². The number of hydrogen-bond donors (Lipinski definition) is 4. The molecule has 1 aromatic carbocycles. The zero-order chi connectivity index (χ0) is 22.1. The summed E-state index contributed by atoms with van der Waals surface area (Å²) in [4.78, 5) is 30.0. The maximum atomic E-state index is 10.4. The molecule has 0 aliphatic rings. The van der Waals surface area contributed by atoms with Crippen LogP contribution in [0, 0.1) is 0 Å². The topological polar surface area (TPSA) is 132 Å². The molecule has 154 valence electrons. The molecule has 0 amide bonds. The van der Waals surface area contributed by atoms with E-state index in [4.69, 9.17) is 20.4 Å². The van der Waals surface area contributed by atoms with Crippen LogP contribution in [0.15, 0.2) is 66.8 Å². The Hall–Kier alpha value is -3.19. The van der Waals surface area contributed by atoms with Gasteiger partial charge in [0.25, 0.3) is 0 Å². The number of hydrogen-bond acceptors (Lipinski definition) is 4. The number of carboxylic acid groups (broad SMARTS) is 3. The van der Waals surface area contributed by atoms with Crippen molar-refractivity contribution in [2.75, 3.05) is 6.61 Å². The predicted octanol–water partition coefficient (Wildman–Crippen LogP) is 3.31. The highest BCUT2D eigenvalue weighted by molar-refractivity contribution is 5.86. The Morgan fingerprint density at radius 1 is 0.821 bits per heavy atom. The van der Waals surface area contributed by atoms with E-state index in [0.717, 1.165) is 12.0 Å². The lowest BCUT2D eigenvalue weighted by Crippen LogP contribution is -2.00. The summed E-state index contributed by atoms with van der Waals surface area (Å²) in [5, 5.41) is 32.9. The standard InChI is InChI=1S/C11H12O2.C6H10O3.C4H6O2/c1-9(11(12)13)7-8-10-5-3-2-4-6-10;1-5(6(8)9)3-2-4-7;1-3(2)4(5)6/h2-6H,1,7-8H2,(H,12,13);7H,1-4H2,(H,8,9);1H2,2H3,(H,5,6). The smallest absolute Gasteiger partial charge is 0.330 e. The Bertz CT molecular complexity index is 663. The minimum Gasteiger partial charge on any atom is -0.478 e. The lowest BCUT2D eigenvalue weighted by molar-refractivity contribution is -0.133. The lowest BCUT2D eigenvalue weighted by Gasteiger charge is -2.00. The van der Waals surface area contributed by atoms with Gasteiger partial charge < -0.3 is 20.4 Å². The summed E-state index contributed by atoms with van der Waals surface area (Å²) < 4.78 is 0. The highest BCUT2D eigenvalue weighted by Crippen LogP contribution is 2.07. The Kier molecular flexibility index (Phi) is 15.5. The van der Waals surface area contributed by atoms with E-state index < -0.39 is 17.9 Å². The summed E-state index contributed by atoms with van der Waals surface area (Å²) in [7, 11) is 0. The average Bonchev–Trinajstić information content (AvgIpc) is 2.65. The molecular weight excluding hydrogens is 364 g/mol. The van der Waals surface area contributed by atoms with E-state index in [1.807, 2.05) is 30.3 Å². The molecule has 0 saturated heterocycles. The fraction of sp³-hybridized carbons (Fsp3) is 0.286. The first kappa shape index (κ1) is 27.0. The summed E-state index contributed by atoms with van der Waals surface area (Å²) in [5.41, 5.74) is 1.74. The molecule has 1 aromatic rings. The highest BCUT2D eigenvalue weighted by Gasteiger charge is 2.03. The second-order valence-electron chi connectivity index (χ2n) is 5.72. The number of rotatable bonds is 9. The van der Waals surface area contributed by atoms with Crippen molar-refractivity contribution < 1.29 is 34.8 Å². The van der Waals surface area contributed by atoms with E-state index in [1.165, 1.54) is 6.92 Å². The average molecular weight is 392 g/mol. The normalized spacial score (nSPS) is 8.93. The molecule has 4 N–H and O–H groups in total. The Morgan fingerprint density at radius 3 is 1.61 bits per heavy atom. The van der Waals surface area contributed by atoms with E-state index in [-0.39, 0.29) is 23.3 Å². The van der Waals surface area contributed by atoms with Crippen LogP contribution in [0.2, 0.25) is 0 Å². The minimum atomic E-state index is -0.983. The van der Waals surface area contributed by atoms with Crippen LogP contribution in [-0.2, 0) is 20.8 Å². The van der Waals surface area contributed by atoms with Crippen molar-refractivity contribution in [2.45, 2.75) is 32.6 Å². The molecule has 7 nitrogen and oxygen atoms in total. The molecule has 0 saturated carbocycles. The Labute approximate surface area is 165 Å². The number of carboxylic acids is 3. The van der Waals surface area contributed by atoms with Crippen molar-refractivity contribution in [1.29, 1.82) is 0 Å². The van der Waals surface area contributed by atoms with Crippen LogP contribution < -0.4 is 0 Å². The highest BCUT2D eigenvalue weighted by atomic mass is 16.4. The summed E-state index contributed by atoms with van der Waals surface area (Å²) in [6.45, 7) is 11.4. The minimum absolute atomic E-state index is 0.0201. The summed E-state index contributed by atoms with van der Waals surface area (Å²) in [6, 6.07) is 9.79. The molecule has 0 aliphatic heterocycles. The first-order valence-electron chi connectivity index (χ1n) is 8.38. The van der Waals surface area contributed by atoms with Gasteiger partial charge in [-0.05, 0) is 38.2 Å². The van der Waals surface area contributed by atoms with Gasteiger partial charge >= 0.3 is 17.9 Å². The monoisotopic (exact) mass is 392 g/mol. The van der Waals surface area contributed by atoms with Crippen LogP contribution in [-0.4, -0.2) is 44.9 Å². The van der Waals surface area contributed by atoms with Gasteiger partial charge in [-0.2, -0.15) is 0 Å². The number of carbonyl (C=O) groups is 3. The van der Waals surface area contributed by atoms with Gasteiger partial charge in [0.05, 0.1) is 0 Å². The molecule has 0 spiro atoms. The molecule has 0 aliphatic carbocycles. The van der Waals surface area contributed by atoms with E-state index in [2.05, 4.69) is 19.7 Å². The molecule has 0 heterocycles. The van der Waals surface area contributed by atoms with E-state index >= 15 is 0 Å². The molecule has 0 aromatic heterocycles. The molecule has 1 rings (SSSR count). The van der Waals surface area contributed by atoms with Crippen LogP contribution in [0.25, 0.3) is 0 Å². The van der Waals surface area contributed by atoms with Crippen LogP contribution in [0.5, 0.6) is 0 Å². The number of aryl methyl sites for hydroxylation is 1. The van der Waals surface area contributed by atoms with Gasteiger partial charge in [0.2, 0.25) is 0 Å². The van der Waals surface area contributed by atoms with Crippen molar-refractivity contribution >= 4 is 17.9 Å². The van der Waals surface area contributed by atoms with Gasteiger partial charge in [-0.1, -0.05) is 50.1 Å². The van der Waals surface area contributed by atoms with Gasteiger partial charge in [0.15, 0.2) is 0 Å². The van der Waals surface area contributed by atoms with Crippen molar-refractivity contribution in [3.05, 3.63) is 72.4 Å². The van der Waals surface area contributed by atoms with Crippen LogP contribution in [0.4, 0.5) is 0 Å². The summed E-state index contributed by atoms with van der Waals surface area (Å²) >= 11 is 0. The van der Waals surface area contributed by atoms with Crippen molar-refractivity contribution in [2.24, 2.45) is 0 Å². The maximum absolute atomic E-state index is 10.4. The molecule has 0 fully saturated rings. The molecule has 0 atom stereocenters. The van der Waals surface area contributed by atoms with Crippen LogP contribution in [0.3, 0.4) is 0 Å². The van der Waals surface area contributed by atoms with Crippen LogP contribution >= 0.6 is 0 Å². The summed E-state index contributed by atoms with van der Waals surface area (Å²) in [5.74, 6) is -2.82. The van der Waals surface area contributed by atoms with Crippen molar-refractivity contribution in [3.8, 4) is 0 Å². The number of aliphatic hydroxyl groups is 1. The van der Waals surface area contributed by atoms with Gasteiger partial charge in [-0.3, -0.25) is 0 Å². The largest absolute Gasteiger partial charge is 0.478 e. The molecule has 0 bridgehead atoms. The second-order valence-corrected chi connectivity index (χ2v) is 5.72. The Morgan fingerprint density at radius 2 is 1.25 bits per heavy atom. The first-order chi connectivity index (χ1) is 13.0.